The Morgan fingerprint density at radius 3 is 3.00 bits per heavy atom. The minimum Gasteiger partial charge on any atom is -0.354 e. The Bertz CT molecular complexity index is 468. The lowest BCUT2D eigenvalue weighted by Gasteiger charge is -1.86. The van der Waals surface area contributed by atoms with Gasteiger partial charge in [-0.3, -0.25) is 0 Å². The molecule has 3 nitrogen and oxygen atoms in total. The summed E-state index contributed by atoms with van der Waals surface area (Å²) in [6.45, 7) is 0. The maximum Gasteiger partial charge on any atom is 0.194 e. The molecule has 5 heteroatoms. The molecule has 0 atom stereocenters. The number of halogens is 1. The van der Waals surface area contributed by atoms with Crippen LogP contribution in [0.5, 0.6) is 0 Å². The van der Waals surface area contributed by atoms with E-state index < -0.39 is 0 Å². The summed E-state index contributed by atoms with van der Waals surface area (Å²) in [4.78, 5) is 0.904. The van der Waals surface area contributed by atoms with Crippen molar-refractivity contribution in [1.29, 1.82) is 5.26 Å². The van der Waals surface area contributed by atoms with Crippen LogP contribution in [0.1, 0.15) is 5.56 Å². The summed E-state index contributed by atoms with van der Waals surface area (Å²) in [7, 11) is 0. The molecular weight excluding hydrogens is 252 g/mol. The molecule has 0 aliphatic rings. The second-order valence-electron chi connectivity index (χ2n) is 2.28. The van der Waals surface area contributed by atoms with Gasteiger partial charge in [-0.1, -0.05) is 5.16 Å². The van der Waals surface area contributed by atoms with Crippen LogP contribution in [0.3, 0.4) is 0 Å². The predicted molar refractivity (Wildman–Crippen MR) is 52.2 cm³/mol. The summed E-state index contributed by atoms with van der Waals surface area (Å²) in [6.07, 6.45) is 1.42. The topological polar surface area (TPSA) is 49.8 Å². The monoisotopic (exact) mass is 254 g/mol. The second-order valence-corrected chi connectivity index (χ2v) is 4.75. The highest BCUT2D eigenvalue weighted by atomic mass is 79.9. The van der Waals surface area contributed by atoms with Crippen molar-refractivity contribution in [3.63, 3.8) is 0 Å². The lowest BCUT2D eigenvalue weighted by Crippen LogP contribution is -1.70. The summed E-state index contributed by atoms with van der Waals surface area (Å²) < 4.78 is 5.97. The number of nitrogens with zero attached hydrogens (tertiary/aromatic N) is 2. The highest BCUT2D eigenvalue weighted by molar-refractivity contribution is 9.11. The van der Waals surface area contributed by atoms with Crippen molar-refractivity contribution in [3.8, 4) is 16.7 Å². The largest absolute Gasteiger partial charge is 0.354 e. The second kappa shape index (κ2) is 3.32. The molecule has 64 valence electrons. The van der Waals surface area contributed by atoms with Crippen LogP contribution in [0.25, 0.3) is 10.6 Å². The molecule has 0 aliphatic heterocycles. The van der Waals surface area contributed by atoms with Crippen LogP contribution in [0.4, 0.5) is 0 Å². The molecular formula is C8H3BrN2OS. The Kier molecular flexibility index (Phi) is 2.17. The van der Waals surface area contributed by atoms with Crippen LogP contribution in [0.2, 0.25) is 0 Å². The van der Waals surface area contributed by atoms with Crippen LogP contribution < -0.4 is 0 Å². The Morgan fingerprint density at radius 2 is 2.38 bits per heavy atom. The fourth-order valence-electron chi connectivity index (χ4n) is 0.933. The van der Waals surface area contributed by atoms with Gasteiger partial charge in [0.2, 0.25) is 0 Å². The number of nitriles is 1. The van der Waals surface area contributed by atoms with Crippen molar-refractivity contribution in [1.82, 2.24) is 5.16 Å². The molecule has 0 saturated carbocycles. The first-order valence-corrected chi connectivity index (χ1v) is 5.02. The van der Waals surface area contributed by atoms with E-state index in [9.17, 15) is 0 Å². The fraction of sp³-hybridized carbons (Fsp3) is 0. The molecule has 2 aromatic rings. The van der Waals surface area contributed by atoms with Crippen molar-refractivity contribution >= 4 is 27.3 Å². The number of hydrogen-bond acceptors (Lipinski definition) is 4. The van der Waals surface area contributed by atoms with Crippen molar-refractivity contribution in [3.05, 3.63) is 27.7 Å². The predicted octanol–water partition coefficient (Wildman–Crippen LogP) is 3.04. The van der Waals surface area contributed by atoms with Gasteiger partial charge in [0.15, 0.2) is 5.76 Å². The number of thiophene rings is 1. The average Bonchev–Trinajstić information content (AvgIpc) is 2.71. The molecule has 0 spiro atoms. The number of aromatic nitrogens is 1. The molecule has 0 bridgehead atoms. The van der Waals surface area contributed by atoms with Gasteiger partial charge in [0.05, 0.1) is 14.9 Å². The van der Waals surface area contributed by atoms with Gasteiger partial charge in [-0.05, 0) is 28.1 Å². The molecule has 0 aliphatic carbocycles. The van der Waals surface area contributed by atoms with E-state index in [1.807, 2.05) is 18.2 Å². The normalized spacial score (nSPS) is 9.85. The Hall–Kier alpha value is -1.12. The third-order valence-electron chi connectivity index (χ3n) is 1.49. The first-order chi connectivity index (χ1) is 6.31. The molecule has 2 aromatic heterocycles. The number of hydrogen-bond donors (Lipinski definition) is 0. The minimum absolute atomic E-state index is 0.467. The van der Waals surface area contributed by atoms with Crippen LogP contribution in [-0.2, 0) is 0 Å². The maximum atomic E-state index is 8.72. The molecule has 2 rings (SSSR count). The molecule has 13 heavy (non-hydrogen) atoms. The van der Waals surface area contributed by atoms with E-state index in [-0.39, 0.29) is 0 Å². The molecule has 0 unspecified atom stereocenters. The third-order valence-corrected chi connectivity index (χ3v) is 3.11. The standard InChI is InChI=1S/C8H3BrN2OS/c9-7-2-1-6(13-7)8-5(3-10)4-11-12-8/h1-2,4H. The van der Waals surface area contributed by atoms with Gasteiger partial charge in [0.25, 0.3) is 0 Å². The zero-order chi connectivity index (χ0) is 9.26. The summed E-state index contributed by atoms with van der Waals surface area (Å²) in [6, 6.07) is 5.81. The first kappa shape index (κ1) is 8.48. The van der Waals surface area contributed by atoms with Crippen molar-refractivity contribution in [2.24, 2.45) is 0 Å². The zero-order valence-corrected chi connectivity index (χ0v) is 8.72. The van der Waals surface area contributed by atoms with Gasteiger partial charge in [0, 0.05) is 0 Å². The first-order valence-electron chi connectivity index (χ1n) is 3.42. The molecule has 0 fully saturated rings. The highest BCUT2D eigenvalue weighted by Crippen LogP contribution is 2.32. The molecule has 0 N–H and O–H groups in total. The molecule has 0 amide bonds. The zero-order valence-electron chi connectivity index (χ0n) is 6.32. The van der Waals surface area contributed by atoms with Gasteiger partial charge < -0.3 is 4.52 Å². The van der Waals surface area contributed by atoms with Gasteiger partial charge in [0.1, 0.15) is 11.6 Å². The Labute approximate surface area is 86.7 Å². The van der Waals surface area contributed by atoms with Crippen LogP contribution >= 0.6 is 27.3 Å². The van der Waals surface area contributed by atoms with E-state index in [0.717, 1.165) is 8.66 Å². The molecule has 2 heterocycles. The van der Waals surface area contributed by atoms with Gasteiger partial charge >= 0.3 is 0 Å². The lowest BCUT2D eigenvalue weighted by molar-refractivity contribution is 0.433. The summed E-state index contributed by atoms with van der Waals surface area (Å²) in [5.41, 5.74) is 0.467. The van der Waals surface area contributed by atoms with Gasteiger partial charge in [-0.2, -0.15) is 5.26 Å². The smallest absolute Gasteiger partial charge is 0.194 e. The van der Waals surface area contributed by atoms with Crippen molar-refractivity contribution < 1.29 is 4.52 Å². The summed E-state index contributed by atoms with van der Waals surface area (Å²) in [5, 5.41) is 12.3. The van der Waals surface area contributed by atoms with Crippen LogP contribution in [-0.4, -0.2) is 5.16 Å². The number of rotatable bonds is 1. The highest BCUT2D eigenvalue weighted by Gasteiger charge is 2.11. The molecule has 0 radical (unpaired) electrons. The van der Waals surface area contributed by atoms with Crippen molar-refractivity contribution in [2.45, 2.75) is 0 Å². The maximum absolute atomic E-state index is 8.72. The fourth-order valence-corrected chi connectivity index (χ4v) is 2.31. The quantitative estimate of drug-likeness (QED) is 0.786. The third kappa shape index (κ3) is 1.50. The van der Waals surface area contributed by atoms with Gasteiger partial charge in [-0.25, -0.2) is 0 Å². The van der Waals surface area contributed by atoms with E-state index in [4.69, 9.17) is 9.78 Å². The SMILES string of the molecule is N#Cc1cnoc1-c1ccc(Br)s1. The van der Waals surface area contributed by atoms with E-state index in [1.165, 1.54) is 17.5 Å². The Morgan fingerprint density at radius 1 is 1.54 bits per heavy atom. The summed E-state index contributed by atoms with van der Waals surface area (Å²) in [5.74, 6) is 0.540. The Balaban J connectivity index is 2.53. The van der Waals surface area contributed by atoms with Gasteiger partial charge in [-0.15, -0.1) is 11.3 Å². The average molecular weight is 255 g/mol. The van der Waals surface area contributed by atoms with Crippen LogP contribution in [0.15, 0.2) is 26.6 Å². The summed E-state index contributed by atoms with van der Waals surface area (Å²) >= 11 is 4.84. The van der Waals surface area contributed by atoms with Crippen LogP contribution in [0, 0.1) is 11.3 Å². The molecule has 0 aromatic carbocycles. The van der Waals surface area contributed by atoms with E-state index in [2.05, 4.69) is 21.1 Å². The van der Waals surface area contributed by atoms with E-state index in [0.29, 0.717) is 11.3 Å². The lowest BCUT2D eigenvalue weighted by atomic mass is 10.2. The van der Waals surface area contributed by atoms with Crippen molar-refractivity contribution in [2.75, 3.05) is 0 Å². The van der Waals surface area contributed by atoms with E-state index in [1.54, 1.807) is 0 Å². The minimum atomic E-state index is 0.467. The van der Waals surface area contributed by atoms with E-state index >= 15 is 0 Å². The molecule has 0 saturated heterocycles.